The Kier molecular flexibility index (Phi) is 7.28. The molecule has 1 heterocycles. The number of ether oxygens (including phenoxy) is 1. The summed E-state index contributed by atoms with van der Waals surface area (Å²) < 4.78 is 45.5. The largest absolute Gasteiger partial charge is 0.494 e. The Labute approximate surface area is 176 Å². The molecule has 0 unspecified atom stereocenters. The zero-order valence-electron chi connectivity index (χ0n) is 16.9. The van der Waals surface area contributed by atoms with Gasteiger partial charge in [0, 0.05) is 32.7 Å². The minimum Gasteiger partial charge on any atom is -0.494 e. The van der Waals surface area contributed by atoms with E-state index >= 15 is 0 Å². The molecule has 2 amide bonds. The second-order valence-electron chi connectivity index (χ2n) is 7.10. The Morgan fingerprint density at radius 2 is 1.83 bits per heavy atom. The maximum absolute atomic E-state index is 13.4. The van der Waals surface area contributed by atoms with Gasteiger partial charge in [0.1, 0.15) is 11.6 Å². The summed E-state index contributed by atoms with van der Waals surface area (Å²) in [7, 11) is -3.77. The number of nitrogens with one attached hydrogen (secondary N) is 1. The minimum absolute atomic E-state index is 0.0750. The van der Waals surface area contributed by atoms with Crippen molar-refractivity contribution in [3.63, 3.8) is 0 Å². The van der Waals surface area contributed by atoms with Crippen molar-refractivity contribution in [2.75, 3.05) is 39.3 Å². The highest BCUT2D eigenvalue weighted by Crippen LogP contribution is 2.18. The smallest absolute Gasteiger partial charge is 0.317 e. The molecule has 3 rings (SSSR count). The molecule has 2 aromatic rings. The van der Waals surface area contributed by atoms with E-state index in [1.807, 2.05) is 31.2 Å². The van der Waals surface area contributed by atoms with Gasteiger partial charge in [-0.05, 0) is 49.2 Å². The fourth-order valence-electron chi connectivity index (χ4n) is 3.18. The topological polar surface area (TPSA) is 79.0 Å². The summed E-state index contributed by atoms with van der Waals surface area (Å²) in [6, 6.07) is 12.5. The van der Waals surface area contributed by atoms with Crippen LogP contribution in [-0.4, -0.2) is 63.0 Å². The summed E-state index contributed by atoms with van der Waals surface area (Å²) in [5.74, 6) is 0.206. The molecule has 1 saturated heterocycles. The van der Waals surface area contributed by atoms with Crippen LogP contribution in [0, 0.1) is 12.7 Å². The lowest BCUT2D eigenvalue weighted by Crippen LogP contribution is -2.53. The normalized spacial score (nSPS) is 15.1. The molecule has 0 aromatic heterocycles. The third kappa shape index (κ3) is 5.70. The van der Waals surface area contributed by atoms with Gasteiger partial charge in [0.05, 0.1) is 11.5 Å². The van der Waals surface area contributed by atoms with Crippen molar-refractivity contribution in [3.8, 4) is 5.75 Å². The maximum atomic E-state index is 13.4. The van der Waals surface area contributed by atoms with E-state index in [1.54, 1.807) is 4.90 Å². The first kappa shape index (κ1) is 22.0. The van der Waals surface area contributed by atoms with E-state index in [4.69, 9.17) is 4.74 Å². The van der Waals surface area contributed by atoms with Crippen molar-refractivity contribution < 1.29 is 22.3 Å². The lowest BCUT2D eigenvalue weighted by Gasteiger charge is -2.34. The molecule has 0 aliphatic carbocycles. The summed E-state index contributed by atoms with van der Waals surface area (Å²) in [5.41, 5.74) is 1.12. The fourth-order valence-corrected chi connectivity index (χ4v) is 4.64. The zero-order chi connectivity index (χ0) is 21.6. The molecule has 0 atom stereocenters. The highest BCUT2D eigenvalue weighted by molar-refractivity contribution is 7.89. The van der Waals surface area contributed by atoms with Crippen LogP contribution in [0.3, 0.4) is 0 Å². The SMILES string of the molecule is Cc1cccc(OCCCNC(=O)N2CCN(S(=O)(=O)c3cccc(F)c3)CC2)c1. The first-order valence-corrected chi connectivity index (χ1v) is 11.3. The van der Waals surface area contributed by atoms with E-state index in [-0.39, 0.29) is 37.1 Å². The Bertz CT molecular complexity index is 976. The number of piperazine rings is 1. The van der Waals surface area contributed by atoms with Gasteiger partial charge in [-0.25, -0.2) is 17.6 Å². The first-order valence-electron chi connectivity index (χ1n) is 9.84. The Hall–Kier alpha value is -2.65. The average Bonchev–Trinajstić information content (AvgIpc) is 2.73. The average molecular weight is 436 g/mol. The number of amides is 2. The van der Waals surface area contributed by atoms with Gasteiger partial charge in [0.2, 0.25) is 10.0 Å². The number of sulfonamides is 1. The van der Waals surface area contributed by atoms with E-state index in [1.165, 1.54) is 22.5 Å². The highest BCUT2D eigenvalue weighted by atomic mass is 32.2. The lowest BCUT2D eigenvalue weighted by atomic mass is 10.2. The zero-order valence-corrected chi connectivity index (χ0v) is 17.7. The third-order valence-electron chi connectivity index (χ3n) is 4.82. The molecule has 1 fully saturated rings. The van der Waals surface area contributed by atoms with Gasteiger partial charge in [-0.1, -0.05) is 18.2 Å². The van der Waals surface area contributed by atoms with E-state index in [2.05, 4.69) is 5.32 Å². The van der Waals surface area contributed by atoms with Gasteiger partial charge >= 0.3 is 6.03 Å². The molecule has 1 N–H and O–H groups in total. The van der Waals surface area contributed by atoms with Gasteiger partial charge in [-0.3, -0.25) is 0 Å². The van der Waals surface area contributed by atoms with Crippen molar-refractivity contribution >= 4 is 16.1 Å². The number of rotatable bonds is 7. The summed E-state index contributed by atoms with van der Waals surface area (Å²) >= 11 is 0. The number of urea groups is 1. The van der Waals surface area contributed by atoms with Crippen LogP contribution in [-0.2, 0) is 10.0 Å². The third-order valence-corrected chi connectivity index (χ3v) is 6.71. The predicted molar refractivity (Wildman–Crippen MR) is 111 cm³/mol. The summed E-state index contributed by atoms with van der Waals surface area (Å²) in [6.07, 6.45) is 0.660. The maximum Gasteiger partial charge on any atom is 0.317 e. The molecular weight excluding hydrogens is 409 g/mol. The summed E-state index contributed by atoms with van der Waals surface area (Å²) in [4.78, 5) is 13.8. The van der Waals surface area contributed by atoms with E-state index in [9.17, 15) is 17.6 Å². The van der Waals surface area contributed by atoms with Crippen molar-refractivity contribution in [3.05, 3.63) is 59.9 Å². The van der Waals surface area contributed by atoms with Crippen LogP contribution in [0.15, 0.2) is 53.4 Å². The quantitative estimate of drug-likeness (QED) is 0.678. The van der Waals surface area contributed by atoms with Crippen LogP contribution in [0.25, 0.3) is 0 Å². The van der Waals surface area contributed by atoms with Gasteiger partial charge in [0.15, 0.2) is 0 Å². The molecule has 2 aromatic carbocycles. The van der Waals surface area contributed by atoms with Gasteiger partial charge in [0.25, 0.3) is 0 Å². The Morgan fingerprint density at radius 3 is 2.53 bits per heavy atom. The molecule has 7 nitrogen and oxygen atoms in total. The number of nitrogens with zero attached hydrogens (tertiary/aromatic N) is 2. The van der Waals surface area contributed by atoms with E-state index in [0.29, 0.717) is 19.6 Å². The van der Waals surface area contributed by atoms with E-state index < -0.39 is 15.8 Å². The summed E-state index contributed by atoms with van der Waals surface area (Å²) in [6.45, 7) is 3.85. The van der Waals surface area contributed by atoms with Crippen LogP contribution in [0.4, 0.5) is 9.18 Å². The molecule has 0 saturated carbocycles. The standard InChI is InChI=1S/C21H26FN3O4S/c1-17-5-2-7-19(15-17)29-14-4-9-23-21(26)24-10-12-25(13-11-24)30(27,28)20-8-3-6-18(22)16-20/h2-3,5-8,15-16H,4,9-14H2,1H3,(H,23,26). The number of aryl methyl sites for hydroxylation is 1. The number of halogens is 1. The monoisotopic (exact) mass is 435 g/mol. The van der Waals surface area contributed by atoms with Crippen LogP contribution < -0.4 is 10.1 Å². The number of benzene rings is 2. The number of carbonyl (C=O) groups excluding carboxylic acids is 1. The molecule has 0 bridgehead atoms. The second kappa shape index (κ2) is 9.90. The number of hydrogen-bond donors (Lipinski definition) is 1. The van der Waals surface area contributed by atoms with Crippen LogP contribution >= 0.6 is 0 Å². The lowest BCUT2D eigenvalue weighted by molar-refractivity contribution is 0.171. The van der Waals surface area contributed by atoms with Gasteiger partial charge < -0.3 is 15.0 Å². The van der Waals surface area contributed by atoms with Crippen molar-refractivity contribution in [2.24, 2.45) is 0 Å². The van der Waals surface area contributed by atoms with Crippen LogP contribution in [0.2, 0.25) is 0 Å². The van der Waals surface area contributed by atoms with Gasteiger partial charge in [-0.15, -0.1) is 0 Å². The van der Waals surface area contributed by atoms with Crippen molar-refractivity contribution in [2.45, 2.75) is 18.2 Å². The molecule has 162 valence electrons. The molecule has 1 aliphatic rings. The second-order valence-corrected chi connectivity index (χ2v) is 9.04. The number of hydrogen-bond acceptors (Lipinski definition) is 4. The van der Waals surface area contributed by atoms with Crippen LogP contribution in [0.5, 0.6) is 5.75 Å². The van der Waals surface area contributed by atoms with Crippen molar-refractivity contribution in [1.29, 1.82) is 0 Å². The summed E-state index contributed by atoms with van der Waals surface area (Å²) in [5, 5.41) is 2.83. The van der Waals surface area contributed by atoms with Crippen LogP contribution in [0.1, 0.15) is 12.0 Å². The predicted octanol–water partition coefficient (Wildman–Crippen LogP) is 2.62. The first-order chi connectivity index (χ1) is 14.4. The highest BCUT2D eigenvalue weighted by Gasteiger charge is 2.30. The Balaban J connectivity index is 1.40. The molecule has 1 aliphatic heterocycles. The van der Waals surface area contributed by atoms with E-state index in [0.717, 1.165) is 17.4 Å². The Morgan fingerprint density at radius 1 is 1.10 bits per heavy atom. The number of carbonyl (C=O) groups is 1. The van der Waals surface area contributed by atoms with Gasteiger partial charge in [-0.2, -0.15) is 4.31 Å². The molecule has 9 heteroatoms. The fraction of sp³-hybridized carbons (Fsp3) is 0.381. The molecule has 30 heavy (non-hydrogen) atoms. The molecular formula is C21H26FN3O4S. The minimum atomic E-state index is -3.77. The molecule has 0 spiro atoms. The molecule has 0 radical (unpaired) electrons. The van der Waals surface area contributed by atoms with Crippen molar-refractivity contribution in [1.82, 2.24) is 14.5 Å².